The molecule has 2 heterocycles. The molecular weight excluding hydrogens is 336 g/mol. The summed E-state index contributed by atoms with van der Waals surface area (Å²) in [5.41, 5.74) is -0.351. The van der Waals surface area contributed by atoms with Crippen LogP contribution in [0.2, 0.25) is 0 Å². The van der Waals surface area contributed by atoms with E-state index in [0.717, 1.165) is 10.5 Å². The van der Waals surface area contributed by atoms with E-state index in [0.29, 0.717) is 5.75 Å². The topological polar surface area (TPSA) is 89.5 Å². The van der Waals surface area contributed by atoms with Crippen molar-refractivity contribution < 1.29 is 29.2 Å². The predicted octanol–water partition coefficient (Wildman–Crippen LogP) is 0.112. The van der Waals surface area contributed by atoms with Crippen LogP contribution < -0.4 is 10.1 Å². The third-order valence-corrected chi connectivity index (χ3v) is 5.92. The molecule has 1 aromatic carbocycles. The number of nitrogens with zero attached hydrogens (tertiary/aromatic N) is 1. The van der Waals surface area contributed by atoms with Crippen molar-refractivity contribution >= 4 is 17.8 Å². The maximum Gasteiger partial charge on any atom is 0.368 e. The fourth-order valence-electron chi connectivity index (χ4n) is 4.59. The lowest BCUT2D eigenvalue weighted by Crippen LogP contribution is -2.99. The molecule has 7 heteroatoms. The van der Waals surface area contributed by atoms with E-state index >= 15 is 0 Å². The monoisotopic (exact) mass is 361 g/mol. The van der Waals surface area contributed by atoms with Gasteiger partial charge in [0.05, 0.1) is 19.8 Å². The second-order valence-electron chi connectivity index (χ2n) is 7.25. The molecule has 0 radical (unpaired) electrons. The van der Waals surface area contributed by atoms with Crippen molar-refractivity contribution in [2.24, 2.45) is 17.8 Å². The molecule has 2 fully saturated rings. The lowest BCUT2D eigenvalue weighted by atomic mass is 9.73. The van der Waals surface area contributed by atoms with E-state index in [1.807, 2.05) is 43.4 Å². The number of hydrogen-bond donors (Lipinski definition) is 1. The number of hydrogen-bond acceptors (Lipinski definition) is 5. The Bertz CT molecular complexity index is 762. The lowest BCUT2D eigenvalue weighted by Gasteiger charge is -2.32. The average Bonchev–Trinajstić information content (AvgIpc) is 3.12. The van der Waals surface area contributed by atoms with Gasteiger partial charge in [0.25, 0.3) is 0 Å². The van der Waals surface area contributed by atoms with Crippen LogP contribution in [-0.2, 0) is 19.1 Å². The highest BCUT2D eigenvalue weighted by Crippen LogP contribution is 2.47. The number of quaternary nitrogens is 1. The van der Waals surface area contributed by atoms with E-state index in [4.69, 9.17) is 9.47 Å². The molecule has 0 saturated carbocycles. The summed E-state index contributed by atoms with van der Waals surface area (Å²) in [4.78, 5) is 39.8. The first kappa shape index (κ1) is 18.4. The molecule has 2 saturated heterocycles. The summed E-state index contributed by atoms with van der Waals surface area (Å²) in [6.07, 6.45) is 0. The number of amides is 2. The Morgan fingerprint density at radius 2 is 1.85 bits per heavy atom. The Kier molecular flexibility index (Phi) is 4.52. The number of methoxy groups -OCH3 is 2. The minimum absolute atomic E-state index is 0.203. The van der Waals surface area contributed by atoms with Gasteiger partial charge < -0.3 is 14.8 Å². The van der Waals surface area contributed by atoms with E-state index < -0.39 is 29.4 Å². The van der Waals surface area contributed by atoms with Crippen LogP contribution in [0.15, 0.2) is 24.3 Å². The van der Waals surface area contributed by atoms with Gasteiger partial charge in [0.15, 0.2) is 0 Å². The number of para-hydroxylation sites is 1. The summed E-state index contributed by atoms with van der Waals surface area (Å²) in [7, 11) is 4.36. The number of rotatable bonds is 4. The number of imide groups is 1. The van der Waals surface area contributed by atoms with Crippen LogP contribution >= 0.6 is 0 Å². The highest BCUT2D eigenvalue weighted by Gasteiger charge is 2.73. The summed E-state index contributed by atoms with van der Waals surface area (Å²) in [5, 5.41) is 1.85. The van der Waals surface area contributed by atoms with Gasteiger partial charge in [0.2, 0.25) is 17.4 Å². The SMILES string of the molecule is COC(=O)[C@]1(C(C)C)[NH2+][C@@H](c2ccccc2OC)[C@H]2C(=O)N(C)C(=O)[C@@H]21. The summed E-state index contributed by atoms with van der Waals surface area (Å²) in [6.45, 7) is 3.76. The molecule has 2 N–H and O–H groups in total. The van der Waals surface area contributed by atoms with Crippen molar-refractivity contribution in [3.8, 4) is 5.75 Å². The molecule has 2 aliphatic heterocycles. The number of carbonyl (C=O) groups excluding carboxylic acids is 3. The van der Waals surface area contributed by atoms with Gasteiger partial charge in [-0.05, 0) is 12.1 Å². The minimum atomic E-state index is -1.15. The lowest BCUT2D eigenvalue weighted by molar-refractivity contribution is -0.740. The number of fused-ring (bicyclic) bond motifs is 1. The molecule has 0 aliphatic carbocycles. The van der Waals surface area contributed by atoms with Gasteiger partial charge in [-0.1, -0.05) is 26.0 Å². The molecule has 0 spiro atoms. The van der Waals surface area contributed by atoms with Gasteiger partial charge in [-0.15, -0.1) is 0 Å². The molecule has 7 nitrogen and oxygen atoms in total. The molecular formula is C19H25N2O5+. The van der Waals surface area contributed by atoms with Gasteiger partial charge in [-0.25, -0.2) is 4.79 Å². The molecule has 4 atom stereocenters. The van der Waals surface area contributed by atoms with Crippen LogP contribution in [0, 0.1) is 17.8 Å². The first-order chi connectivity index (χ1) is 12.3. The quantitative estimate of drug-likeness (QED) is 0.607. The van der Waals surface area contributed by atoms with Crippen molar-refractivity contribution in [2.75, 3.05) is 21.3 Å². The molecule has 140 valence electrons. The summed E-state index contributed by atoms with van der Waals surface area (Å²) in [5.74, 6) is -2.03. The van der Waals surface area contributed by atoms with Gasteiger partial charge in [0.1, 0.15) is 23.6 Å². The Morgan fingerprint density at radius 3 is 2.42 bits per heavy atom. The minimum Gasteiger partial charge on any atom is -0.496 e. The number of esters is 1. The first-order valence-corrected chi connectivity index (χ1v) is 8.70. The fraction of sp³-hybridized carbons (Fsp3) is 0.526. The molecule has 3 rings (SSSR count). The third-order valence-electron chi connectivity index (χ3n) is 5.92. The maximum atomic E-state index is 12.9. The number of carbonyl (C=O) groups is 3. The fourth-order valence-corrected chi connectivity index (χ4v) is 4.59. The van der Waals surface area contributed by atoms with Crippen LogP contribution in [0.1, 0.15) is 25.5 Å². The van der Waals surface area contributed by atoms with Gasteiger partial charge >= 0.3 is 5.97 Å². The van der Waals surface area contributed by atoms with Crippen LogP contribution in [0.25, 0.3) is 0 Å². The summed E-state index contributed by atoms with van der Waals surface area (Å²) < 4.78 is 10.5. The van der Waals surface area contributed by atoms with E-state index in [1.165, 1.54) is 14.2 Å². The largest absolute Gasteiger partial charge is 0.496 e. The van der Waals surface area contributed by atoms with Crippen molar-refractivity contribution in [2.45, 2.75) is 25.4 Å². The van der Waals surface area contributed by atoms with Gasteiger partial charge in [-0.3, -0.25) is 14.5 Å². The Balaban J connectivity index is 2.21. The van der Waals surface area contributed by atoms with E-state index in [9.17, 15) is 14.4 Å². The first-order valence-electron chi connectivity index (χ1n) is 8.70. The smallest absolute Gasteiger partial charge is 0.368 e. The number of nitrogens with two attached hydrogens (primary N) is 1. The van der Waals surface area contributed by atoms with Crippen molar-refractivity contribution in [1.82, 2.24) is 4.90 Å². The average molecular weight is 361 g/mol. The van der Waals surface area contributed by atoms with Crippen LogP contribution in [-0.4, -0.2) is 49.5 Å². The molecule has 0 unspecified atom stereocenters. The third kappa shape index (κ3) is 2.26. The molecule has 1 aromatic rings. The molecule has 0 aromatic heterocycles. The normalized spacial score (nSPS) is 30.7. The van der Waals surface area contributed by atoms with Crippen molar-refractivity contribution in [3.05, 3.63) is 29.8 Å². The van der Waals surface area contributed by atoms with E-state index in [1.54, 1.807) is 7.11 Å². The zero-order chi connectivity index (χ0) is 19.2. The number of benzene rings is 1. The Hall–Kier alpha value is -2.41. The van der Waals surface area contributed by atoms with Crippen molar-refractivity contribution in [1.29, 1.82) is 0 Å². The summed E-state index contributed by atoms with van der Waals surface area (Å²) in [6, 6.07) is 6.99. The summed E-state index contributed by atoms with van der Waals surface area (Å²) >= 11 is 0. The Labute approximate surface area is 152 Å². The predicted molar refractivity (Wildman–Crippen MR) is 92.0 cm³/mol. The molecule has 0 bridgehead atoms. The highest BCUT2D eigenvalue weighted by molar-refractivity contribution is 6.08. The second kappa shape index (κ2) is 6.39. The highest BCUT2D eigenvalue weighted by atomic mass is 16.5. The zero-order valence-electron chi connectivity index (χ0n) is 15.7. The van der Waals surface area contributed by atoms with Gasteiger partial charge in [0, 0.05) is 13.0 Å². The number of ether oxygens (including phenoxy) is 2. The van der Waals surface area contributed by atoms with Crippen LogP contribution in [0.4, 0.5) is 0 Å². The number of likely N-dealkylation sites (tertiary alicyclic amines) is 1. The maximum absolute atomic E-state index is 12.9. The van der Waals surface area contributed by atoms with Crippen LogP contribution in [0.5, 0.6) is 5.75 Å². The molecule has 26 heavy (non-hydrogen) atoms. The second-order valence-corrected chi connectivity index (χ2v) is 7.25. The van der Waals surface area contributed by atoms with E-state index in [-0.39, 0.29) is 17.7 Å². The van der Waals surface area contributed by atoms with Crippen LogP contribution in [0.3, 0.4) is 0 Å². The Morgan fingerprint density at radius 1 is 1.19 bits per heavy atom. The zero-order valence-corrected chi connectivity index (χ0v) is 15.7. The van der Waals surface area contributed by atoms with Gasteiger partial charge in [-0.2, -0.15) is 0 Å². The standard InChI is InChI=1S/C19H24N2O5/c1-10(2)19(18(24)26-5)14-13(16(22)21(3)17(14)23)15(20-19)11-8-6-7-9-12(11)25-4/h6-10,13-15,20H,1-5H3/p+1/t13-,14+,15-,19+/m0/s1. The molecule has 2 aliphatic rings. The molecule has 2 amide bonds. The van der Waals surface area contributed by atoms with Crippen molar-refractivity contribution in [3.63, 3.8) is 0 Å². The van der Waals surface area contributed by atoms with E-state index in [2.05, 4.69) is 0 Å².